The van der Waals surface area contributed by atoms with Crippen molar-refractivity contribution in [1.82, 2.24) is 30.0 Å². The number of nitrogens with one attached hydrogen (secondary N) is 1. The maximum Gasteiger partial charge on any atom is 0.231 e. The summed E-state index contributed by atoms with van der Waals surface area (Å²) in [5.74, 6) is 1.99. The molecule has 0 aliphatic carbocycles. The van der Waals surface area contributed by atoms with Crippen LogP contribution >= 0.6 is 0 Å². The molecule has 9 nitrogen and oxygen atoms in total. The van der Waals surface area contributed by atoms with Crippen LogP contribution in [0, 0.1) is 5.92 Å². The minimum Gasteiger partial charge on any atom is -0.497 e. The average Bonchev–Trinajstić information content (AvgIpc) is 3.20. The molecule has 1 aliphatic heterocycles. The number of carbonyl (C=O) groups excluding carboxylic acids is 1. The van der Waals surface area contributed by atoms with Crippen LogP contribution in [0.4, 0.5) is 0 Å². The molecule has 1 saturated heterocycles. The van der Waals surface area contributed by atoms with Gasteiger partial charge in [-0.2, -0.15) is 4.52 Å². The summed E-state index contributed by atoms with van der Waals surface area (Å²) in [5.41, 5.74) is 1.50. The lowest BCUT2D eigenvalue weighted by Crippen LogP contribution is -2.42. The third-order valence-electron chi connectivity index (χ3n) is 5.23. The number of hydrogen-bond donors (Lipinski definition) is 1. The Morgan fingerprint density at radius 1 is 1.20 bits per heavy atom. The van der Waals surface area contributed by atoms with E-state index in [0.717, 1.165) is 37.2 Å². The molecule has 1 amide bonds. The van der Waals surface area contributed by atoms with E-state index in [4.69, 9.17) is 9.47 Å². The lowest BCUT2D eigenvalue weighted by Gasteiger charge is -2.28. The van der Waals surface area contributed by atoms with Crippen molar-refractivity contribution in [3.05, 3.63) is 36.4 Å². The molecular weight excluding hydrogens is 384 g/mol. The summed E-state index contributed by atoms with van der Waals surface area (Å²) in [6.07, 6.45) is 2.00. The summed E-state index contributed by atoms with van der Waals surface area (Å²) in [7, 11) is 3.68. The number of likely N-dealkylation sites (tertiary alicyclic amines) is 1. The van der Waals surface area contributed by atoms with Crippen LogP contribution in [0.2, 0.25) is 0 Å². The number of ether oxygens (including phenoxy) is 2. The predicted molar refractivity (Wildman–Crippen MR) is 111 cm³/mol. The molecule has 1 aromatic carbocycles. The molecule has 1 unspecified atom stereocenters. The molecule has 30 heavy (non-hydrogen) atoms. The second kappa shape index (κ2) is 9.08. The van der Waals surface area contributed by atoms with Crippen molar-refractivity contribution in [3.63, 3.8) is 0 Å². The summed E-state index contributed by atoms with van der Waals surface area (Å²) in [5, 5.41) is 15.8. The number of fused-ring (bicyclic) bond motifs is 1. The quantitative estimate of drug-likeness (QED) is 0.592. The van der Waals surface area contributed by atoms with E-state index in [2.05, 4.69) is 32.6 Å². The number of hydrogen-bond acceptors (Lipinski definition) is 7. The molecule has 1 aliphatic rings. The summed E-state index contributed by atoms with van der Waals surface area (Å²) in [4.78, 5) is 14.5. The molecule has 1 atom stereocenters. The van der Waals surface area contributed by atoms with Crippen LogP contribution in [0.25, 0.3) is 17.0 Å². The van der Waals surface area contributed by atoms with Gasteiger partial charge in [0.05, 0.1) is 19.6 Å². The van der Waals surface area contributed by atoms with E-state index < -0.39 is 0 Å². The van der Waals surface area contributed by atoms with Gasteiger partial charge in [-0.3, -0.25) is 4.79 Å². The number of carbonyl (C=O) groups is 1. The van der Waals surface area contributed by atoms with Crippen molar-refractivity contribution < 1.29 is 14.3 Å². The Hall–Kier alpha value is -3.20. The zero-order valence-electron chi connectivity index (χ0n) is 17.2. The first-order chi connectivity index (χ1) is 14.6. The zero-order chi connectivity index (χ0) is 20.9. The van der Waals surface area contributed by atoms with E-state index in [-0.39, 0.29) is 11.8 Å². The molecule has 1 N–H and O–H groups in total. The fourth-order valence-corrected chi connectivity index (χ4v) is 3.62. The Balaban J connectivity index is 1.36. The number of aromatic nitrogens is 4. The SMILES string of the molecule is COc1ccc(-c2nnc3ccc(OCCNC(=O)C4CCCN(C)C4)nn23)cc1. The second-order valence-electron chi connectivity index (χ2n) is 7.43. The molecule has 2 aromatic heterocycles. The van der Waals surface area contributed by atoms with Gasteiger partial charge in [-0.1, -0.05) is 0 Å². The molecule has 4 rings (SSSR count). The van der Waals surface area contributed by atoms with Gasteiger partial charge in [-0.05, 0) is 56.8 Å². The van der Waals surface area contributed by atoms with Crippen molar-refractivity contribution in [1.29, 1.82) is 0 Å². The van der Waals surface area contributed by atoms with Crippen molar-refractivity contribution in [2.24, 2.45) is 5.92 Å². The van der Waals surface area contributed by atoms with Gasteiger partial charge in [-0.25, -0.2) is 0 Å². The Bertz CT molecular complexity index is 1000. The maximum atomic E-state index is 12.3. The Morgan fingerprint density at radius 2 is 2.03 bits per heavy atom. The Kier molecular flexibility index (Phi) is 6.08. The van der Waals surface area contributed by atoms with Gasteiger partial charge in [0.25, 0.3) is 0 Å². The second-order valence-corrected chi connectivity index (χ2v) is 7.43. The molecule has 1 fully saturated rings. The standard InChI is InChI=1S/C21H26N6O3/c1-26-12-3-4-16(14-26)21(28)22-11-13-30-19-10-9-18-23-24-20(27(18)25-19)15-5-7-17(29-2)8-6-15/h5-10,16H,3-4,11-14H2,1-2H3,(H,22,28). The maximum absolute atomic E-state index is 12.3. The topological polar surface area (TPSA) is 93.9 Å². The van der Waals surface area contributed by atoms with Crippen molar-refractivity contribution in [3.8, 4) is 23.0 Å². The molecule has 3 heterocycles. The van der Waals surface area contributed by atoms with E-state index in [1.54, 1.807) is 23.8 Å². The van der Waals surface area contributed by atoms with Crippen molar-refractivity contribution in [2.45, 2.75) is 12.8 Å². The first-order valence-corrected chi connectivity index (χ1v) is 10.1. The molecule has 0 bridgehead atoms. The minimum absolute atomic E-state index is 0.0577. The molecule has 0 spiro atoms. The van der Waals surface area contributed by atoms with Gasteiger partial charge in [0, 0.05) is 18.2 Å². The third kappa shape index (κ3) is 4.51. The lowest BCUT2D eigenvalue weighted by molar-refractivity contribution is -0.126. The highest BCUT2D eigenvalue weighted by atomic mass is 16.5. The van der Waals surface area contributed by atoms with Crippen molar-refractivity contribution >= 4 is 11.6 Å². The van der Waals surface area contributed by atoms with Gasteiger partial charge in [0.1, 0.15) is 12.4 Å². The van der Waals surface area contributed by atoms with Gasteiger partial charge in [0.2, 0.25) is 11.8 Å². The highest BCUT2D eigenvalue weighted by Crippen LogP contribution is 2.22. The average molecular weight is 410 g/mol. The normalized spacial score (nSPS) is 17.1. The van der Waals surface area contributed by atoms with Crippen LogP contribution < -0.4 is 14.8 Å². The number of piperidine rings is 1. The van der Waals surface area contributed by atoms with Crippen molar-refractivity contribution in [2.75, 3.05) is 40.4 Å². The Morgan fingerprint density at radius 3 is 2.80 bits per heavy atom. The van der Waals surface area contributed by atoms with Gasteiger partial charge in [0.15, 0.2) is 11.5 Å². The predicted octanol–water partition coefficient (Wildman–Crippen LogP) is 1.64. The molecule has 0 radical (unpaired) electrons. The number of amides is 1. The molecule has 9 heteroatoms. The van der Waals surface area contributed by atoms with E-state index in [9.17, 15) is 4.79 Å². The van der Waals surface area contributed by atoms with Gasteiger partial charge >= 0.3 is 0 Å². The summed E-state index contributed by atoms with van der Waals surface area (Å²) in [6.45, 7) is 2.65. The van der Waals surface area contributed by atoms with E-state index in [0.29, 0.717) is 30.5 Å². The number of methoxy groups -OCH3 is 1. The monoisotopic (exact) mass is 410 g/mol. The van der Waals surface area contributed by atoms with Crippen LogP contribution in [0.15, 0.2) is 36.4 Å². The minimum atomic E-state index is 0.0577. The largest absolute Gasteiger partial charge is 0.497 e. The fourth-order valence-electron chi connectivity index (χ4n) is 3.62. The van der Waals surface area contributed by atoms with E-state index >= 15 is 0 Å². The van der Waals surface area contributed by atoms with Crippen LogP contribution in [0.3, 0.4) is 0 Å². The first-order valence-electron chi connectivity index (χ1n) is 10.1. The van der Waals surface area contributed by atoms with E-state index in [1.807, 2.05) is 24.3 Å². The zero-order valence-corrected chi connectivity index (χ0v) is 17.2. The molecule has 0 saturated carbocycles. The van der Waals surface area contributed by atoms with Crippen LogP contribution in [0.1, 0.15) is 12.8 Å². The lowest BCUT2D eigenvalue weighted by atomic mass is 9.98. The number of rotatable bonds is 7. The summed E-state index contributed by atoms with van der Waals surface area (Å²) < 4.78 is 12.6. The number of nitrogens with zero attached hydrogens (tertiary/aromatic N) is 5. The molecule has 158 valence electrons. The molecule has 3 aromatic rings. The van der Waals surface area contributed by atoms with Crippen LogP contribution in [-0.4, -0.2) is 71.0 Å². The smallest absolute Gasteiger partial charge is 0.231 e. The van der Waals surface area contributed by atoms with Gasteiger partial charge in [-0.15, -0.1) is 15.3 Å². The first kappa shape index (κ1) is 20.1. The van der Waals surface area contributed by atoms with E-state index in [1.165, 1.54) is 0 Å². The number of benzene rings is 1. The fraction of sp³-hybridized carbons (Fsp3) is 0.429. The summed E-state index contributed by atoms with van der Waals surface area (Å²) >= 11 is 0. The highest BCUT2D eigenvalue weighted by Gasteiger charge is 2.23. The Labute approximate surface area is 175 Å². The third-order valence-corrected chi connectivity index (χ3v) is 5.23. The van der Waals surface area contributed by atoms with Gasteiger partial charge < -0.3 is 19.7 Å². The van der Waals surface area contributed by atoms with Crippen LogP contribution in [0.5, 0.6) is 11.6 Å². The highest BCUT2D eigenvalue weighted by molar-refractivity contribution is 5.78. The van der Waals surface area contributed by atoms with Crippen LogP contribution in [-0.2, 0) is 4.79 Å². The summed E-state index contributed by atoms with van der Waals surface area (Å²) in [6, 6.07) is 11.1. The molecular formula is C21H26N6O3.